The van der Waals surface area contributed by atoms with Crippen molar-refractivity contribution in [2.45, 2.75) is 71.1 Å². The first-order valence-electron chi connectivity index (χ1n) is 6.67. The molecule has 0 saturated carbocycles. The molecule has 0 amide bonds. The van der Waals surface area contributed by atoms with Gasteiger partial charge >= 0.3 is 0 Å². The van der Waals surface area contributed by atoms with Crippen molar-refractivity contribution < 1.29 is 0 Å². The van der Waals surface area contributed by atoms with Gasteiger partial charge in [-0.3, -0.25) is 0 Å². The molecular weight excluding hydrogens is 200 g/mol. The van der Waals surface area contributed by atoms with E-state index >= 15 is 0 Å². The van der Waals surface area contributed by atoms with E-state index in [1.165, 1.54) is 57.8 Å². The first-order chi connectivity index (χ1) is 7.41. The van der Waals surface area contributed by atoms with E-state index in [0.29, 0.717) is 0 Å². The Balaban J connectivity index is 2.92. The summed E-state index contributed by atoms with van der Waals surface area (Å²) in [4.78, 5) is 0. The van der Waals surface area contributed by atoms with Crippen LogP contribution >= 0.6 is 12.6 Å². The van der Waals surface area contributed by atoms with Gasteiger partial charge in [0.2, 0.25) is 0 Å². The molecule has 0 aliphatic rings. The second kappa shape index (κ2) is 14.1. The van der Waals surface area contributed by atoms with E-state index in [4.69, 9.17) is 0 Å². The molecule has 0 atom stereocenters. The number of hydrogen-bond donors (Lipinski definition) is 1. The maximum absolute atomic E-state index is 4.17. The van der Waals surface area contributed by atoms with Crippen molar-refractivity contribution in [1.29, 1.82) is 0 Å². The Morgan fingerprint density at radius 3 is 1.87 bits per heavy atom. The highest BCUT2D eigenvalue weighted by Crippen LogP contribution is 2.09. The molecule has 0 nitrogen and oxygen atoms in total. The third-order valence-corrected chi connectivity index (χ3v) is 2.94. The number of rotatable bonds is 11. The van der Waals surface area contributed by atoms with Gasteiger partial charge in [-0.2, -0.15) is 12.6 Å². The maximum Gasteiger partial charge on any atom is -0.00633 e. The van der Waals surface area contributed by atoms with Crippen molar-refractivity contribution in [2.24, 2.45) is 0 Å². The Bertz CT molecular complexity index is 129. The van der Waals surface area contributed by atoms with Gasteiger partial charge in [0.15, 0.2) is 0 Å². The molecule has 15 heavy (non-hydrogen) atoms. The van der Waals surface area contributed by atoms with Gasteiger partial charge in [-0.25, -0.2) is 0 Å². The minimum atomic E-state index is 0.980. The number of hydrogen-bond acceptors (Lipinski definition) is 1. The average molecular weight is 228 g/mol. The Morgan fingerprint density at radius 2 is 1.27 bits per heavy atom. The molecule has 0 saturated heterocycles. The topological polar surface area (TPSA) is 0 Å². The first-order valence-corrected chi connectivity index (χ1v) is 7.31. The van der Waals surface area contributed by atoms with Crippen molar-refractivity contribution in [3.8, 4) is 0 Å². The van der Waals surface area contributed by atoms with Crippen LogP contribution in [0.4, 0.5) is 0 Å². The Morgan fingerprint density at radius 1 is 0.733 bits per heavy atom. The molecule has 0 aromatic rings. The van der Waals surface area contributed by atoms with E-state index < -0.39 is 0 Å². The SMILES string of the molecule is CCCCCCCCCCC=CCCS. The fourth-order valence-corrected chi connectivity index (χ4v) is 1.86. The van der Waals surface area contributed by atoms with Crippen LogP contribution in [0, 0.1) is 0 Å². The highest BCUT2D eigenvalue weighted by atomic mass is 32.1. The van der Waals surface area contributed by atoms with Gasteiger partial charge in [0, 0.05) is 0 Å². The van der Waals surface area contributed by atoms with E-state index in [9.17, 15) is 0 Å². The van der Waals surface area contributed by atoms with Gasteiger partial charge in [-0.1, -0.05) is 64.0 Å². The van der Waals surface area contributed by atoms with Crippen LogP contribution in [0.2, 0.25) is 0 Å². The number of unbranched alkanes of at least 4 members (excludes halogenated alkanes) is 8. The van der Waals surface area contributed by atoms with Crippen molar-refractivity contribution >= 4 is 12.6 Å². The number of thiol groups is 1. The fraction of sp³-hybridized carbons (Fsp3) is 0.857. The van der Waals surface area contributed by atoms with Gasteiger partial charge in [0.05, 0.1) is 0 Å². The van der Waals surface area contributed by atoms with E-state index in [-0.39, 0.29) is 0 Å². The zero-order valence-electron chi connectivity index (χ0n) is 10.4. The van der Waals surface area contributed by atoms with Gasteiger partial charge in [-0.05, 0) is 25.0 Å². The lowest BCUT2D eigenvalue weighted by Gasteiger charge is -1.99. The van der Waals surface area contributed by atoms with Gasteiger partial charge in [-0.15, -0.1) is 0 Å². The van der Waals surface area contributed by atoms with Crippen molar-refractivity contribution in [1.82, 2.24) is 0 Å². The molecule has 0 aliphatic carbocycles. The predicted molar refractivity (Wildman–Crippen MR) is 74.8 cm³/mol. The maximum atomic E-state index is 4.17. The lowest BCUT2D eigenvalue weighted by Crippen LogP contribution is -1.80. The van der Waals surface area contributed by atoms with Crippen LogP contribution in [0.1, 0.15) is 71.1 Å². The normalized spacial score (nSPS) is 11.3. The molecule has 1 heteroatoms. The van der Waals surface area contributed by atoms with E-state index in [1.54, 1.807) is 0 Å². The molecule has 0 aliphatic heterocycles. The molecule has 0 heterocycles. The molecule has 0 fully saturated rings. The zero-order chi connectivity index (χ0) is 11.2. The van der Waals surface area contributed by atoms with E-state index in [0.717, 1.165) is 12.2 Å². The summed E-state index contributed by atoms with van der Waals surface area (Å²) in [5.74, 6) is 0.980. The molecule has 0 aromatic heterocycles. The molecule has 0 unspecified atom stereocenters. The van der Waals surface area contributed by atoms with E-state index in [1.807, 2.05) is 0 Å². The lowest BCUT2D eigenvalue weighted by molar-refractivity contribution is 0.577. The molecule has 0 bridgehead atoms. The Labute approximate surface area is 102 Å². The molecule has 90 valence electrons. The minimum Gasteiger partial charge on any atom is -0.179 e. The molecule has 0 spiro atoms. The smallest absolute Gasteiger partial charge is 0.00633 e. The highest BCUT2D eigenvalue weighted by molar-refractivity contribution is 7.80. The largest absolute Gasteiger partial charge is 0.179 e. The predicted octanol–water partition coefficient (Wildman–Crippen LogP) is 5.39. The van der Waals surface area contributed by atoms with E-state index in [2.05, 4.69) is 31.7 Å². The van der Waals surface area contributed by atoms with Crippen molar-refractivity contribution in [3.05, 3.63) is 12.2 Å². The summed E-state index contributed by atoms with van der Waals surface area (Å²) in [6.45, 7) is 2.27. The van der Waals surface area contributed by atoms with Crippen LogP contribution in [-0.2, 0) is 0 Å². The van der Waals surface area contributed by atoms with Crippen LogP contribution in [0.3, 0.4) is 0 Å². The van der Waals surface area contributed by atoms with Crippen LogP contribution in [0.15, 0.2) is 12.2 Å². The molecular formula is C14H28S. The summed E-state index contributed by atoms with van der Waals surface area (Å²) >= 11 is 4.17. The second-order valence-corrected chi connectivity index (χ2v) is 4.69. The van der Waals surface area contributed by atoms with Crippen molar-refractivity contribution in [3.63, 3.8) is 0 Å². The third-order valence-electron chi connectivity index (χ3n) is 2.69. The van der Waals surface area contributed by atoms with Crippen LogP contribution < -0.4 is 0 Å². The third kappa shape index (κ3) is 14.1. The molecule has 0 N–H and O–H groups in total. The van der Waals surface area contributed by atoms with Gasteiger partial charge in [0.1, 0.15) is 0 Å². The van der Waals surface area contributed by atoms with Gasteiger partial charge in [0.25, 0.3) is 0 Å². The van der Waals surface area contributed by atoms with Crippen LogP contribution in [0.25, 0.3) is 0 Å². The summed E-state index contributed by atoms with van der Waals surface area (Å²) in [5.41, 5.74) is 0. The second-order valence-electron chi connectivity index (χ2n) is 4.25. The molecule has 0 rings (SSSR count). The Kier molecular flexibility index (Phi) is 14.2. The summed E-state index contributed by atoms with van der Waals surface area (Å²) in [6, 6.07) is 0. The summed E-state index contributed by atoms with van der Waals surface area (Å²) in [7, 11) is 0. The standard InChI is InChI=1S/C14H28S/c1-2-3-4-5-6-7-8-9-10-11-12-13-14-15/h11-12,15H,2-10,13-14H2,1H3. The van der Waals surface area contributed by atoms with Crippen molar-refractivity contribution in [2.75, 3.05) is 5.75 Å². The number of allylic oxidation sites excluding steroid dienone is 2. The molecule has 0 radical (unpaired) electrons. The average Bonchev–Trinajstić information content (AvgIpc) is 2.26. The fourth-order valence-electron chi connectivity index (χ4n) is 1.71. The van der Waals surface area contributed by atoms with Crippen LogP contribution in [0.5, 0.6) is 0 Å². The first kappa shape index (κ1) is 15.1. The zero-order valence-corrected chi connectivity index (χ0v) is 11.3. The summed E-state index contributed by atoms with van der Waals surface area (Å²) < 4.78 is 0. The minimum absolute atomic E-state index is 0.980. The van der Waals surface area contributed by atoms with Gasteiger partial charge < -0.3 is 0 Å². The summed E-state index contributed by atoms with van der Waals surface area (Å²) in [5, 5.41) is 0. The van der Waals surface area contributed by atoms with Crippen LogP contribution in [-0.4, -0.2) is 5.75 Å². The Hall–Kier alpha value is 0.0900. The molecule has 0 aromatic carbocycles. The summed E-state index contributed by atoms with van der Waals surface area (Å²) in [6.07, 6.45) is 18.3. The monoisotopic (exact) mass is 228 g/mol. The lowest BCUT2D eigenvalue weighted by atomic mass is 10.1. The highest BCUT2D eigenvalue weighted by Gasteiger charge is 1.90. The quantitative estimate of drug-likeness (QED) is 0.273.